The van der Waals surface area contributed by atoms with Crippen molar-refractivity contribution in [2.45, 2.75) is 25.7 Å². The molecule has 0 saturated heterocycles. The summed E-state index contributed by atoms with van der Waals surface area (Å²) in [6.45, 7) is 3.80. The van der Waals surface area contributed by atoms with Crippen LogP contribution in [0.4, 0.5) is 11.6 Å². The minimum absolute atomic E-state index is 0.105. The molecule has 1 unspecified atom stereocenters. The smallest absolute Gasteiger partial charge is 0.246 e. The van der Waals surface area contributed by atoms with Crippen molar-refractivity contribution in [3.63, 3.8) is 0 Å². The van der Waals surface area contributed by atoms with E-state index in [-0.39, 0.29) is 17.3 Å². The van der Waals surface area contributed by atoms with Gasteiger partial charge in [-0.25, -0.2) is 4.98 Å². The van der Waals surface area contributed by atoms with Crippen LogP contribution in [-0.2, 0) is 16.6 Å². The third-order valence-corrected chi connectivity index (χ3v) is 4.59. The fourth-order valence-electron chi connectivity index (χ4n) is 3.46. The molecule has 0 saturated carbocycles. The van der Waals surface area contributed by atoms with Gasteiger partial charge in [0.2, 0.25) is 11.8 Å². The average molecular weight is 321 g/mol. The number of anilines is 2. The predicted molar refractivity (Wildman–Crippen MR) is 86.9 cm³/mol. The van der Waals surface area contributed by atoms with Gasteiger partial charge in [0, 0.05) is 17.7 Å². The lowest BCUT2D eigenvalue weighted by atomic mass is 9.71. The summed E-state index contributed by atoms with van der Waals surface area (Å²) in [6.07, 6.45) is 0.564. The lowest BCUT2D eigenvalue weighted by Gasteiger charge is -2.30. The highest BCUT2D eigenvalue weighted by atomic mass is 16.4. The number of aryl methyl sites for hydroxylation is 2. The first-order valence-electron chi connectivity index (χ1n) is 7.63. The highest BCUT2D eigenvalue weighted by Gasteiger charge is 2.58. The van der Waals surface area contributed by atoms with Crippen molar-refractivity contribution in [3.05, 3.63) is 52.3 Å². The Kier molecular flexibility index (Phi) is 2.76. The number of nitriles is 1. The zero-order valence-corrected chi connectivity index (χ0v) is 13.2. The topological polar surface area (TPSA) is 117 Å². The van der Waals surface area contributed by atoms with E-state index in [1.807, 2.05) is 32.0 Å². The molecule has 24 heavy (non-hydrogen) atoms. The molecule has 0 radical (unpaired) electrons. The van der Waals surface area contributed by atoms with Crippen molar-refractivity contribution < 1.29 is 9.21 Å². The number of para-hydroxylation sites is 1. The third kappa shape index (κ3) is 1.50. The number of amides is 1. The quantitative estimate of drug-likeness (QED) is 0.738. The number of nitrogens with two attached hydrogens (primary N) is 1. The van der Waals surface area contributed by atoms with Crippen LogP contribution >= 0.6 is 0 Å². The number of carbonyl (C=O) groups is 1. The average Bonchev–Trinajstić information content (AvgIpc) is 3.09. The monoisotopic (exact) mass is 321 g/mol. The maximum Gasteiger partial charge on any atom is 0.246 e. The lowest BCUT2D eigenvalue weighted by molar-refractivity contribution is -0.118. The molecule has 2 aromatic rings. The highest BCUT2D eigenvalue weighted by molar-refractivity contribution is 6.13. The largest absolute Gasteiger partial charge is 0.425 e. The number of oxazole rings is 1. The summed E-state index contributed by atoms with van der Waals surface area (Å²) in [6, 6.07) is 7.67. The van der Waals surface area contributed by atoms with E-state index in [9.17, 15) is 10.1 Å². The van der Waals surface area contributed by atoms with E-state index in [4.69, 9.17) is 10.2 Å². The van der Waals surface area contributed by atoms with E-state index < -0.39 is 5.41 Å². The Hall–Kier alpha value is -3.27. The molecular formula is C17H15N5O2. The van der Waals surface area contributed by atoms with Gasteiger partial charge in [-0.3, -0.25) is 4.79 Å². The molecule has 4 rings (SSSR count). The van der Waals surface area contributed by atoms with Crippen LogP contribution in [0, 0.1) is 18.3 Å². The van der Waals surface area contributed by atoms with E-state index in [2.05, 4.69) is 21.7 Å². The predicted octanol–water partition coefficient (Wildman–Crippen LogP) is 1.90. The van der Waals surface area contributed by atoms with Crippen molar-refractivity contribution in [1.29, 1.82) is 5.26 Å². The van der Waals surface area contributed by atoms with Gasteiger partial charge in [-0.1, -0.05) is 25.1 Å². The first kappa shape index (κ1) is 14.3. The summed E-state index contributed by atoms with van der Waals surface area (Å²) in [4.78, 5) is 17.6. The molecule has 1 aromatic heterocycles. The highest BCUT2D eigenvalue weighted by Crippen LogP contribution is 2.52. The summed E-state index contributed by atoms with van der Waals surface area (Å²) >= 11 is 0. The lowest BCUT2D eigenvalue weighted by Crippen LogP contribution is -2.43. The van der Waals surface area contributed by atoms with Crippen molar-refractivity contribution >= 4 is 17.5 Å². The van der Waals surface area contributed by atoms with Gasteiger partial charge in [-0.05, 0) is 12.5 Å². The number of hydrogen-bond acceptors (Lipinski definition) is 6. The molecule has 1 aromatic carbocycles. The van der Waals surface area contributed by atoms with Crippen LogP contribution in [0.15, 0.2) is 34.0 Å². The van der Waals surface area contributed by atoms with E-state index in [0.29, 0.717) is 35.1 Å². The van der Waals surface area contributed by atoms with Gasteiger partial charge in [0.1, 0.15) is 17.6 Å². The molecule has 120 valence electrons. The van der Waals surface area contributed by atoms with E-state index in [1.54, 1.807) is 0 Å². The fourth-order valence-corrected chi connectivity index (χ4v) is 3.46. The molecule has 0 fully saturated rings. The fraction of sp³-hybridized carbons (Fsp3) is 0.235. The minimum atomic E-state index is -1.38. The molecule has 7 heteroatoms. The van der Waals surface area contributed by atoms with Gasteiger partial charge in [0.15, 0.2) is 11.3 Å². The number of benzene rings is 1. The van der Waals surface area contributed by atoms with Gasteiger partial charge >= 0.3 is 0 Å². The van der Waals surface area contributed by atoms with Crippen LogP contribution in [0.1, 0.15) is 29.6 Å². The molecule has 1 amide bonds. The van der Waals surface area contributed by atoms with Crippen LogP contribution in [-0.4, -0.2) is 10.9 Å². The number of nitrogens with zero attached hydrogens (tertiary/aromatic N) is 2. The van der Waals surface area contributed by atoms with Gasteiger partial charge in [0.05, 0.1) is 5.57 Å². The zero-order valence-electron chi connectivity index (χ0n) is 13.2. The van der Waals surface area contributed by atoms with Gasteiger partial charge in [-0.2, -0.15) is 5.26 Å². The van der Waals surface area contributed by atoms with Gasteiger partial charge in [0.25, 0.3) is 0 Å². The Bertz CT molecular complexity index is 966. The molecule has 1 spiro atoms. The summed E-state index contributed by atoms with van der Waals surface area (Å²) in [7, 11) is 0. The van der Waals surface area contributed by atoms with Crippen molar-refractivity contribution in [1.82, 2.24) is 4.98 Å². The normalized spacial score (nSPS) is 21.1. The standard InChI is InChI=1S/C17H15N5O2/c1-3-11-20-13-15(24-11)22-14(19)10(7-18)17(13)9-6-4-5-8(2)12(9)21-16(17)23/h4-6,22H,3,19H2,1-2H3,(H,21,23). The molecule has 2 aliphatic rings. The van der Waals surface area contributed by atoms with Crippen molar-refractivity contribution in [2.75, 3.05) is 10.6 Å². The molecular weight excluding hydrogens is 306 g/mol. The van der Waals surface area contributed by atoms with E-state index in [1.165, 1.54) is 0 Å². The number of carbonyl (C=O) groups excluding carboxylic acids is 1. The van der Waals surface area contributed by atoms with Crippen LogP contribution in [0.3, 0.4) is 0 Å². The molecule has 1 atom stereocenters. The SMILES string of the molecule is CCc1nc2c(o1)NC(N)=C(C#N)C21C(=O)Nc2c(C)cccc21. The number of hydrogen-bond donors (Lipinski definition) is 3. The van der Waals surface area contributed by atoms with Crippen LogP contribution in [0.2, 0.25) is 0 Å². The molecule has 0 aliphatic carbocycles. The second-order valence-corrected chi connectivity index (χ2v) is 5.87. The third-order valence-electron chi connectivity index (χ3n) is 4.59. The van der Waals surface area contributed by atoms with Crippen LogP contribution in [0.25, 0.3) is 0 Å². The molecule has 4 N–H and O–H groups in total. The molecule has 3 heterocycles. The second-order valence-electron chi connectivity index (χ2n) is 5.87. The summed E-state index contributed by atoms with van der Waals surface area (Å²) in [5, 5.41) is 15.5. The Morgan fingerprint density at radius 1 is 1.42 bits per heavy atom. The van der Waals surface area contributed by atoms with Crippen molar-refractivity contribution in [2.24, 2.45) is 5.73 Å². The Morgan fingerprint density at radius 2 is 2.21 bits per heavy atom. The maximum absolute atomic E-state index is 13.1. The molecule has 0 bridgehead atoms. The van der Waals surface area contributed by atoms with Crippen molar-refractivity contribution in [3.8, 4) is 6.07 Å². The summed E-state index contributed by atoms with van der Waals surface area (Å²) < 4.78 is 5.67. The minimum Gasteiger partial charge on any atom is -0.425 e. The van der Waals surface area contributed by atoms with Gasteiger partial charge < -0.3 is 20.8 Å². The summed E-state index contributed by atoms with van der Waals surface area (Å²) in [5.74, 6) is 0.555. The number of aromatic nitrogens is 1. The maximum atomic E-state index is 13.1. The number of nitrogens with one attached hydrogen (secondary N) is 2. The Labute approximate surface area is 138 Å². The van der Waals surface area contributed by atoms with Gasteiger partial charge in [-0.15, -0.1) is 0 Å². The molecule has 2 aliphatic heterocycles. The molecule has 7 nitrogen and oxygen atoms in total. The Morgan fingerprint density at radius 3 is 2.92 bits per heavy atom. The van der Waals surface area contributed by atoms with E-state index in [0.717, 1.165) is 5.56 Å². The Balaban J connectivity index is 2.14. The van der Waals surface area contributed by atoms with Crippen LogP contribution < -0.4 is 16.4 Å². The summed E-state index contributed by atoms with van der Waals surface area (Å²) in [5.41, 5.74) is 7.46. The first-order valence-corrected chi connectivity index (χ1v) is 7.63. The van der Waals surface area contributed by atoms with Crippen LogP contribution in [0.5, 0.6) is 0 Å². The van der Waals surface area contributed by atoms with E-state index >= 15 is 0 Å². The number of fused-ring (bicyclic) bond motifs is 4. The second kappa shape index (κ2) is 4.61. The number of rotatable bonds is 1. The first-order chi connectivity index (χ1) is 11.5. The zero-order chi connectivity index (χ0) is 17.1.